The maximum atomic E-state index is 8.81. The Morgan fingerprint density at radius 1 is 1.67 bits per heavy atom. The van der Waals surface area contributed by atoms with Crippen LogP contribution in [0.3, 0.4) is 0 Å². The molecule has 54 valence electrons. The number of nitrogens with one attached hydrogen (secondary N) is 1. The first kappa shape index (κ1) is 7.03. The number of hydrogen-bond acceptors (Lipinski definition) is 2. The van der Waals surface area contributed by atoms with E-state index in [4.69, 9.17) is 5.11 Å². The summed E-state index contributed by atoms with van der Waals surface area (Å²) in [6.07, 6.45) is 2.43. The first-order valence-electron chi connectivity index (χ1n) is 3.72. The normalized spacial score (nSPS) is 35.3. The minimum Gasteiger partial charge on any atom is -0.395 e. The SMILES string of the molecule is CC[C@@H]1CCN[C@@H]1CO. The third-order valence-electron chi connectivity index (χ3n) is 2.21. The number of aliphatic hydroxyl groups excluding tert-OH is 1. The molecule has 1 aliphatic heterocycles. The van der Waals surface area contributed by atoms with E-state index in [0.717, 1.165) is 12.5 Å². The van der Waals surface area contributed by atoms with Gasteiger partial charge in [-0.3, -0.25) is 0 Å². The lowest BCUT2D eigenvalue weighted by Crippen LogP contribution is -2.30. The fraction of sp³-hybridized carbons (Fsp3) is 1.00. The molecule has 0 aromatic carbocycles. The molecule has 0 bridgehead atoms. The molecule has 1 aliphatic rings. The van der Waals surface area contributed by atoms with Gasteiger partial charge >= 0.3 is 0 Å². The van der Waals surface area contributed by atoms with Gasteiger partial charge in [0.2, 0.25) is 0 Å². The molecule has 0 unspecified atom stereocenters. The van der Waals surface area contributed by atoms with E-state index in [9.17, 15) is 0 Å². The van der Waals surface area contributed by atoms with Crippen molar-refractivity contribution in [1.82, 2.24) is 5.32 Å². The summed E-state index contributed by atoms with van der Waals surface area (Å²) in [5.41, 5.74) is 0. The van der Waals surface area contributed by atoms with Crippen LogP contribution in [0.4, 0.5) is 0 Å². The van der Waals surface area contributed by atoms with Crippen molar-refractivity contribution < 1.29 is 5.11 Å². The maximum Gasteiger partial charge on any atom is 0.0587 e. The second kappa shape index (κ2) is 3.18. The molecule has 1 heterocycles. The fourth-order valence-electron chi connectivity index (χ4n) is 1.52. The highest BCUT2D eigenvalue weighted by molar-refractivity contribution is 4.81. The van der Waals surface area contributed by atoms with Crippen LogP contribution in [0.5, 0.6) is 0 Å². The molecule has 1 fully saturated rings. The van der Waals surface area contributed by atoms with Crippen LogP contribution in [0.25, 0.3) is 0 Å². The van der Waals surface area contributed by atoms with Gasteiger partial charge in [-0.1, -0.05) is 13.3 Å². The molecule has 2 nitrogen and oxygen atoms in total. The van der Waals surface area contributed by atoms with Gasteiger partial charge in [-0.05, 0) is 18.9 Å². The van der Waals surface area contributed by atoms with E-state index < -0.39 is 0 Å². The summed E-state index contributed by atoms with van der Waals surface area (Å²) in [6, 6.07) is 0.384. The van der Waals surface area contributed by atoms with Gasteiger partial charge in [0.25, 0.3) is 0 Å². The van der Waals surface area contributed by atoms with E-state index in [0.29, 0.717) is 12.6 Å². The van der Waals surface area contributed by atoms with Crippen LogP contribution in [-0.2, 0) is 0 Å². The smallest absolute Gasteiger partial charge is 0.0587 e. The van der Waals surface area contributed by atoms with Gasteiger partial charge in [0.1, 0.15) is 0 Å². The zero-order chi connectivity index (χ0) is 6.69. The van der Waals surface area contributed by atoms with Crippen LogP contribution in [-0.4, -0.2) is 24.3 Å². The first-order chi connectivity index (χ1) is 4.38. The highest BCUT2D eigenvalue weighted by Gasteiger charge is 2.23. The monoisotopic (exact) mass is 129 g/mol. The van der Waals surface area contributed by atoms with Crippen LogP contribution in [0.15, 0.2) is 0 Å². The summed E-state index contributed by atoms with van der Waals surface area (Å²) in [5, 5.41) is 12.1. The van der Waals surface area contributed by atoms with Gasteiger partial charge in [0, 0.05) is 6.04 Å². The minimum atomic E-state index is 0.304. The second-order valence-electron chi connectivity index (χ2n) is 2.70. The Hall–Kier alpha value is -0.0800. The standard InChI is InChI=1S/C7H15NO/c1-2-6-3-4-8-7(6)5-9/h6-9H,2-5H2,1H3/t6-,7-/m1/s1. The molecule has 0 aromatic heterocycles. The van der Waals surface area contributed by atoms with Gasteiger partial charge in [-0.25, -0.2) is 0 Å². The van der Waals surface area contributed by atoms with Crippen LogP contribution in [0, 0.1) is 5.92 Å². The molecule has 2 heteroatoms. The average Bonchev–Trinajstić information content (AvgIpc) is 2.33. The van der Waals surface area contributed by atoms with E-state index in [1.807, 2.05) is 0 Å². The zero-order valence-corrected chi connectivity index (χ0v) is 5.93. The number of hydrogen-bond donors (Lipinski definition) is 2. The molecule has 0 spiro atoms. The van der Waals surface area contributed by atoms with E-state index in [2.05, 4.69) is 12.2 Å². The lowest BCUT2D eigenvalue weighted by Gasteiger charge is -2.13. The third-order valence-corrected chi connectivity index (χ3v) is 2.21. The van der Waals surface area contributed by atoms with Crippen molar-refractivity contribution in [3.63, 3.8) is 0 Å². The summed E-state index contributed by atoms with van der Waals surface area (Å²) in [6.45, 7) is 3.57. The van der Waals surface area contributed by atoms with Crippen molar-refractivity contribution >= 4 is 0 Å². The van der Waals surface area contributed by atoms with Gasteiger partial charge in [0.15, 0.2) is 0 Å². The van der Waals surface area contributed by atoms with Gasteiger partial charge in [0.05, 0.1) is 6.61 Å². The third kappa shape index (κ3) is 1.43. The molecule has 0 amide bonds. The molecular formula is C7H15NO. The minimum absolute atomic E-state index is 0.304. The van der Waals surface area contributed by atoms with Crippen molar-refractivity contribution in [2.75, 3.05) is 13.2 Å². The lowest BCUT2D eigenvalue weighted by molar-refractivity contribution is 0.225. The van der Waals surface area contributed by atoms with E-state index in [1.54, 1.807) is 0 Å². The van der Waals surface area contributed by atoms with Crippen LogP contribution >= 0.6 is 0 Å². The number of aliphatic hydroxyl groups is 1. The Bertz CT molecular complexity index is 75.0. The molecule has 9 heavy (non-hydrogen) atoms. The predicted octanol–water partition coefficient (Wildman–Crippen LogP) is 0.367. The van der Waals surface area contributed by atoms with Gasteiger partial charge in [-0.15, -0.1) is 0 Å². The van der Waals surface area contributed by atoms with E-state index in [1.165, 1.54) is 12.8 Å². The van der Waals surface area contributed by atoms with Crippen molar-refractivity contribution in [3.8, 4) is 0 Å². The van der Waals surface area contributed by atoms with E-state index in [-0.39, 0.29) is 0 Å². The molecule has 0 saturated carbocycles. The topological polar surface area (TPSA) is 32.3 Å². The predicted molar refractivity (Wildman–Crippen MR) is 37.3 cm³/mol. The number of rotatable bonds is 2. The van der Waals surface area contributed by atoms with Crippen molar-refractivity contribution in [1.29, 1.82) is 0 Å². The summed E-state index contributed by atoms with van der Waals surface area (Å²) < 4.78 is 0. The highest BCUT2D eigenvalue weighted by atomic mass is 16.3. The van der Waals surface area contributed by atoms with Gasteiger partial charge in [-0.2, -0.15) is 0 Å². The quantitative estimate of drug-likeness (QED) is 0.564. The summed E-state index contributed by atoms with van der Waals surface area (Å²) in [5.74, 6) is 0.718. The summed E-state index contributed by atoms with van der Waals surface area (Å²) in [7, 11) is 0. The van der Waals surface area contributed by atoms with Crippen molar-refractivity contribution in [2.24, 2.45) is 5.92 Å². The lowest BCUT2D eigenvalue weighted by atomic mass is 9.99. The van der Waals surface area contributed by atoms with Gasteiger partial charge < -0.3 is 10.4 Å². The van der Waals surface area contributed by atoms with Crippen molar-refractivity contribution in [2.45, 2.75) is 25.8 Å². The fourth-order valence-corrected chi connectivity index (χ4v) is 1.52. The molecular weight excluding hydrogens is 114 g/mol. The molecule has 0 radical (unpaired) electrons. The van der Waals surface area contributed by atoms with Crippen molar-refractivity contribution in [3.05, 3.63) is 0 Å². The Kier molecular flexibility index (Phi) is 2.49. The highest BCUT2D eigenvalue weighted by Crippen LogP contribution is 2.17. The van der Waals surface area contributed by atoms with Crippen LogP contribution in [0.2, 0.25) is 0 Å². The average molecular weight is 129 g/mol. The van der Waals surface area contributed by atoms with Crippen LogP contribution in [0.1, 0.15) is 19.8 Å². The maximum absolute atomic E-state index is 8.81. The van der Waals surface area contributed by atoms with Crippen LogP contribution < -0.4 is 5.32 Å². The Morgan fingerprint density at radius 2 is 2.44 bits per heavy atom. The zero-order valence-electron chi connectivity index (χ0n) is 5.93. The molecule has 0 aliphatic carbocycles. The molecule has 1 rings (SSSR count). The molecule has 0 aromatic rings. The first-order valence-corrected chi connectivity index (χ1v) is 3.72. The molecule has 2 N–H and O–H groups in total. The largest absolute Gasteiger partial charge is 0.395 e. The Morgan fingerprint density at radius 3 is 2.89 bits per heavy atom. The molecule has 1 saturated heterocycles. The molecule has 2 atom stereocenters. The Labute approximate surface area is 56.3 Å². The van der Waals surface area contributed by atoms with E-state index >= 15 is 0 Å². The Balaban J connectivity index is 2.32. The summed E-state index contributed by atoms with van der Waals surface area (Å²) in [4.78, 5) is 0. The summed E-state index contributed by atoms with van der Waals surface area (Å²) >= 11 is 0. The second-order valence-corrected chi connectivity index (χ2v) is 2.70.